The van der Waals surface area contributed by atoms with Crippen molar-refractivity contribution in [1.82, 2.24) is 5.32 Å². The lowest BCUT2D eigenvalue weighted by Crippen LogP contribution is -2.42. The monoisotopic (exact) mass is 332 g/mol. The topological polar surface area (TPSA) is 55.1 Å². The molecule has 0 bridgehead atoms. The molecule has 3 nitrogen and oxygen atoms in total. The molecular weight excluding hydrogens is 320 g/mol. The molecule has 0 aromatic heterocycles. The number of carbonyl (C=O) groups is 1. The second kappa shape index (κ2) is 8.33. The summed E-state index contributed by atoms with van der Waals surface area (Å²) in [6.45, 7) is -1.70. The molecule has 0 radical (unpaired) electrons. The molecule has 0 atom stereocenters. The van der Waals surface area contributed by atoms with Gasteiger partial charge in [0.1, 0.15) is 0 Å². The molecule has 0 saturated heterocycles. The summed E-state index contributed by atoms with van der Waals surface area (Å²) in [5.41, 5.74) is 4.80. The molecule has 3 N–H and O–H groups in total. The number of thioether (sulfide) groups is 1. The van der Waals surface area contributed by atoms with Gasteiger partial charge in [-0.2, -0.15) is 0 Å². The molecule has 0 fully saturated rings. The lowest BCUT2D eigenvalue weighted by molar-refractivity contribution is -0.120. The van der Waals surface area contributed by atoms with Gasteiger partial charge >= 0.3 is 0 Å². The molecule has 0 aliphatic rings. The number of carbonyl (C=O) groups excluding carboxylic acids is 1. The Kier molecular flexibility index (Phi) is 7.92. The zero-order valence-corrected chi connectivity index (χ0v) is 11.8. The molecule has 114 valence electrons. The first-order valence-electron chi connectivity index (χ1n) is 5.26. The molecule has 0 spiro atoms. The maximum absolute atomic E-state index is 12.9. The molecule has 1 amide bonds. The summed E-state index contributed by atoms with van der Waals surface area (Å²) in [6, 6.07) is 3.16. The van der Waals surface area contributed by atoms with E-state index in [9.17, 15) is 22.4 Å². The van der Waals surface area contributed by atoms with Crippen LogP contribution in [0.5, 0.6) is 0 Å². The Hall–Kier alpha value is -0.990. The van der Waals surface area contributed by atoms with Gasteiger partial charge in [0.25, 0.3) is 5.92 Å². The third-order valence-electron chi connectivity index (χ3n) is 2.10. The molecule has 9 heteroatoms. The molecular formula is C11H13ClF4N2OS. The van der Waals surface area contributed by atoms with Crippen LogP contribution in [0.3, 0.4) is 0 Å². The Morgan fingerprint density at radius 2 is 1.95 bits per heavy atom. The molecule has 1 aromatic rings. The van der Waals surface area contributed by atoms with E-state index in [-0.39, 0.29) is 18.2 Å². The molecule has 0 aliphatic carbocycles. The number of halogens is 5. The van der Waals surface area contributed by atoms with Crippen molar-refractivity contribution in [1.29, 1.82) is 0 Å². The van der Waals surface area contributed by atoms with Gasteiger partial charge in [0, 0.05) is 4.90 Å². The molecule has 20 heavy (non-hydrogen) atoms. The maximum Gasteiger partial charge on any atom is 0.277 e. The second-order valence-corrected chi connectivity index (χ2v) is 4.75. The van der Waals surface area contributed by atoms with E-state index in [0.717, 1.165) is 23.9 Å². The fourth-order valence-corrected chi connectivity index (χ4v) is 1.82. The Morgan fingerprint density at radius 1 is 1.30 bits per heavy atom. The third-order valence-corrected chi connectivity index (χ3v) is 3.10. The van der Waals surface area contributed by atoms with Crippen LogP contribution in [-0.2, 0) is 4.79 Å². The van der Waals surface area contributed by atoms with E-state index in [4.69, 9.17) is 5.73 Å². The van der Waals surface area contributed by atoms with E-state index in [1.54, 1.807) is 0 Å². The van der Waals surface area contributed by atoms with E-state index in [2.05, 4.69) is 0 Å². The van der Waals surface area contributed by atoms with E-state index in [1.807, 2.05) is 5.32 Å². The molecule has 1 aromatic carbocycles. The molecule has 0 aliphatic heterocycles. The van der Waals surface area contributed by atoms with Gasteiger partial charge in [0.2, 0.25) is 5.91 Å². The quantitative estimate of drug-likeness (QED) is 0.620. The highest BCUT2D eigenvalue weighted by molar-refractivity contribution is 8.00. The number of rotatable bonds is 6. The van der Waals surface area contributed by atoms with E-state index >= 15 is 0 Å². The summed E-state index contributed by atoms with van der Waals surface area (Å²) >= 11 is 0.915. The van der Waals surface area contributed by atoms with Crippen molar-refractivity contribution >= 4 is 30.1 Å². The fourth-order valence-electron chi connectivity index (χ4n) is 1.07. The standard InChI is InChI=1S/C11H12F4N2OS.ClH/c12-8-2-1-7(3-9(8)13)19-4-10(18)17-6-11(14,15)5-16;/h1-3H,4-6,16H2,(H,17,18);1H. The summed E-state index contributed by atoms with van der Waals surface area (Å²) in [5.74, 6) is -5.98. The number of benzene rings is 1. The molecule has 0 heterocycles. The van der Waals surface area contributed by atoms with Crippen molar-refractivity contribution in [3.8, 4) is 0 Å². The predicted octanol–water partition coefficient (Wildman–Crippen LogP) is 2.19. The van der Waals surface area contributed by atoms with Crippen molar-refractivity contribution in [3.05, 3.63) is 29.8 Å². The summed E-state index contributed by atoms with van der Waals surface area (Å²) in [7, 11) is 0. The Labute approximate surface area is 123 Å². The van der Waals surface area contributed by atoms with Crippen LogP contribution < -0.4 is 11.1 Å². The van der Waals surface area contributed by atoms with Crippen LogP contribution >= 0.6 is 24.2 Å². The number of hydrogen-bond acceptors (Lipinski definition) is 3. The average molecular weight is 333 g/mol. The number of hydrogen-bond donors (Lipinski definition) is 2. The highest BCUT2D eigenvalue weighted by Gasteiger charge is 2.27. The number of amides is 1. The normalized spacial score (nSPS) is 10.8. The fraction of sp³-hybridized carbons (Fsp3) is 0.364. The summed E-state index contributed by atoms with van der Waals surface area (Å²) < 4.78 is 51.0. The average Bonchev–Trinajstić information content (AvgIpc) is 2.38. The minimum absolute atomic E-state index is 0. The van der Waals surface area contributed by atoms with Crippen LogP contribution in [0.25, 0.3) is 0 Å². The Morgan fingerprint density at radius 3 is 2.50 bits per heavy atom. The van der Waals surface area contributed by atoms with Gasteiger partial charge in [-0.3, -0.25) is 4.79 Å². The van der Waals surface area contributed by atoms with Crippen molar-refractivity contribution in [2.45, 2.75) is 10.8 Å². The van der Waals surface area contributed by atoms with Gasteiger partial charge in [-0.25, -0.2) is 17.6 Å². The smallest absolute Gasteiger partial charge is 0.277 e. The largest absolute Gasteiger partial charge is 0.349 e. The lowest BCUT2D eigenvalue weighted by Gasteiger charge is -2.14. The van der Waals surface area contributed by atoms with Crippen LogP contribution in [0.1, 0.15) is 0 Å². The van der Waals surface area contributed by atoms with Crippen LogP contribution in [0, 0.1) is 11.6 Å². The zero-order chi connectivity index (χ0) is 14.5. The van der Waals surface area contributed by atoms with Crippen LogP contribution in [0.4, 0.5) is 17.6 Å². The maximum atomic E-state index is 12.9. The van der Waals surface area contributed by atoms with Gasteiger partial charge in [0.05, 0.1) is 18.8 Å². The first-order valence-corrected chi connectivity index (χ1v) is 6.25. The lowest BCUT2D eigenvalue weighted by atomic mass is 10.3. The Balaban J connectivity index is 0.00000361. The minimum atomic E-state index is -3.15. The van der Waals surface area contributed by atoms with Crippen molar-refractivity contribution in [2.75, 3.05) is 18.8 Å². The van der Waals surface area contributed by atoms with Crippen LogP contribution in [0.2, 0.25) is 0 Å². The van der Waals surface area contributed by atoms with Gasteiger partial charge in [0.15, 0.2) is 11.6 Å². The molecule has 0 saturated carbocycles. The summed E-state index contributed by atoms with van der Waals surface area (Å²) in [4.78, 5) is 11.6. The van der Waals surface area contributed by atoms with Crippen molar-refractivity contribution in [2.24, 2.45) is 5.73 Å². The zero-order valence-electron chi connectivity index (χ0n) is 10.2. The van der Waals surface area contributed by atoms with Crippen LogP contribution in [-0.4, -0.2) is 30.7 Å². The number of alkyl halides is 2. The second-order valence-electron chi connectivity index (χ2n) is 3.70. The number of nitrogens with two attached hydrogens (primary N) is 1. The minimum Gasteiger partial charge on any atom is -0.349 e. The first-order chi connectivity index (χ1) is 8.84. The molecule has 0 unspecified atom stereocenters. The number of nitrogens with one attached hydrogen (secondary N) is 1. The third kappa shape index (κ3) is 6.44. The van der Waals surface area contributed by atoms with E-state index in [1.165, 1.54) is 6.07 Å². The van der Waals surface area contributed by atoms with Gasteiger partial charge in [-0.1, -0.05) is 0 Å². The molecule has 1 rings (SSSR count). The van der Waals surface area contributed by atoms with Gasteiger partial charge in [-0.05, 0) is 18.2 Å². The van der Waals surface area contributed by atoms with Gasteiger partial charge < -0.3 is 11.1 Å². The van der Waals surface area contributed by atoms with Crippen molar-refractivity contribution in [3.63, 3.8) is 0 Å². The Bertz CT molecular complexity index is 462. The van der Waals surface area contributed by atoms with Crippen molar-refractivity contribution < 1.29 is 22.4 Å². The highest BCUT2D eigenvalue weighted by atomic mass is 35.5. The predicted molar refractivity (Wildman–Crippen MR) is 71.3 cm³/mol. The first kappa shape index (κ1) is 19.0. The van der Waals surface area contributed by atoms with Gasteiger partial charge in [-0.15, -0.1) is 24.2 Å². The highest BCUT2D eigenvalue weighted by Crippen LogP contribution is 2.20. The summed E-state index contributed by atoms with van der Waals surface area (Å²) in [5, 5.41) is 2.01. The van der Waals surface area contributed by atoms with Crippen LogP contribution in [0.15, 0.2) is 23.1 Å². The SMILES string of the molecule is Cl.NCC(F)(F)CNC(=O)CSc1ccc(F)c(F)c1. The van der Waals surface area contributed by atoms with E-state index < -0.39 is 36.6 Å². The summed E-state index contributed by atoms with van der Waals surface area (Å²) in [6.07, 6.45) is 0. The van der Waals surface area contributed by atoms with E-state index in [0.29, 0.717) is 4.90 Å².